The van der Waals surface area contributed by atoms with Crippen LogP contribution in [0.4, 0.5) is 20.3 Å². The summed E-state index contributed by atoms with van der Waals surface area (Å²) < 4.78 is 40.0. The van der Waals surface area contributed by atoms with Gasteiger partial charge in [-0.2, -0.15) is 13.9 Å². The van der Waals surface area contributed by atoms with Gasteiger partial charge in [0.1, 0.15) is 0 Å². The predicted octanol–water partition coefficient (Wildman–Crippen LogP) is 5.35. The van der Waals surface area contributed by atoms with E-state index in [9.17, 15) is 8.78 Å². The third kappa shape index (κ3) is 4.62. The van der Waals surface area contributed by atoms with Gasteiger partial charge in [0, 0.05) is 18.5 Å². The fourth-order valence-corrected chi connectivity index (χ4v) is 5.32. The van der Waals surface area contributed by atoms with E-state index in [2.05, 4.69) is 26.5 Å². The number of anilines is 2. The van der Waals surface area contributed by atoms with Crippen molar-refractivity contribution in [2.45, 2.75) is 63.8 Å². The fourth-order valence-electron chi connectivity index (χ4n) is 5.32. The van der Waals surface area contributed by atoms with Crippen LogP contribution in [0.1, 0.15) is 55.5 Å². The molecule has 3 fully saturated rings. The number of fused-ring (bicyclic) bond motifs is 3. The Kier molecular flexibility index (Phi) is 6.00. The Balaban J connectivity index is 1.28. The second kappa shape index (κ2) is 9.19. The van der Waals surface area contributed by atoms with E-state index in [1.54, 1.807) is 6.07 Å². The van der Waals surface area contributed by atoms with Gasteiger partial charge in [-0.15, -0.1) is 5.10 Å². The average Bonchev–Trinajstić information content (AvgIpc) is 3.62. The van der Waals surface area contributed by atoms with Gasteiger partial charge in [0.15, 0.2) is 5.82 Å². The van der Waals surface area contributed by atoms with Crippen LogP contribution in [0.25, 0.3) is 10.9 Å². The van der Waals surface area contributed by atoms with Crippen LogP contribution in [0.5, 0.6) is 0 Å². The van der Waals surface area contributed by atoms with Gasteiger partial charge < -0.3 is 19.7 Å². The smallest absolute Gasteiger partial charge is 0.379 e. The molecule has 2 bridgehead atoms. The van der Waals surface area contributed by atoms with E-state index in [-0.39, 0.29) is 17.7 Å². The highest BCUT2D eigenvalue weighted by Crippen LogP contribution is 2.39. The molecule has 3 atom stereocenters. The summed E-state index contributed by atoms with van der Waals surface area (Å²) in [5.74, 6) is 1.22. The Hall–Kier alpha value is -2.91. The maximum absolute atomic E-state index is 14.6. The van der Waals surface area contributed by atoms with Gasteiger partial charge in [-0.25, -0.2) is 0 Å². The Bertz CT molecular complexity index is 1270. The molecule has 0 spiro atoms. The highest BCUT2D eigenvalue weighted by Gasteiger charge is 2.40. The summed E-state index contributed by atoms with van der Waals surface area (Å²) in [4.78, 5) is 7.14. The van der Waals surface area contributed by atoms with Crippen LogP contribution in [-0.2, 0) is 15.6 Å². The third-order valence-corrected chi connectivity index (χ3v) is 7.50. The standard InChI is InChI=1S/C27H31F2N5O2/c1-16(19-4-3-5-20(11-19)27(28,29)36-23-6-7-23)31-26-24-12-21(13-30-25(24)17(2)32-33-26)34-14-18-8-9-35-15-22(34)10-18/h3-5,11-13,16,18,22-23H,6-10,14-15H2,1-2H3,(H,31,33)/t16-,18?,22?/m1/s1. The Labute approximate surface area is 209 Å². The van der Waals surface area contributed by atoms with Crippen molar-refractivity contribution in [3.8, 4) is 0 Å². The largest absolute Gasteiger partial charge is 0.383 e. The van der Waals surface area contributed by atoms with E-state index in [1.165, 1.54) is 12.1 Å². The quantitative estimate of drug-likeness (QED) is 0.474. The molecule has 1 aliphatic carbocycles. The van der Waals surface area contributed by atoms with Crippen LogP contribution in [0, 0.1) is 12.8 Å². The van der Waals surface area contributed by atoms with E-state index in [1.807, 2.05) is 26.1 Å². The van der Waals surface area contributed by atoms with Crippen molar-refractivity contribution < 1.29 is 18.3 Å². The lowest BCUT2D eigenvalue weighted by atomic mass is 10.0. The summed E-state index contributed by atoms with van der Waals surface area (Å²) >= 11 is 0. The second-order valence-electron chi connectivity index (χ2n) is 10.3. The Morgan fingerprint density at radius 1 is 1.19 bits per heavy atom. The van der Waals surface area contributed by atoms with Crippen molar-refractivity contribution in [3.63, 3.8) is 0 Å². The SMILES string of the molecule is Cc1nnc(N[C@H](C)c2cccc(C(F)(F)OC3CC3)c2)c2cc(N3CC4CCOCC3C4)cnc12. The van der Waals surface area contributed by atoms with E-state index in [0.29, 0.717) is 36.2 Å². The summed E-state index contributed by atoms with van der Waals surface area (Å²) in [7, 11) is 0. The van der Waals surface area contributed by atoms with E-state index in [4.69, 9.17) is 14.5 Å². The van der Waals surface area contributed by atoms with Crippen LogP contribution in [0.3, 0.4) is 0 Å². The van der Waals surface area contributed by atoms with E-state index < -0.39 is 6.11 Å². The van der Waals surface area contributed by atoms with Crippen molar-refractivity contribution in [3.05, 3.63) is 53.3 Å². The molecule has 9 heteroatoms. The Morgan fingerprint density at radius 2 is 2.06 bits per heavy atom. The lowest BCUT2D eigenvalue weighted by Crippen LogP contribution is -2.34. The van der Waals surface area contributed by atoms with Crippen LogP contribution in [0.15, 0.2) is 36.5 Å². The first-order valence-electron chi connectivity index (χ1n) is 12.8. The Morgan fingerprint density at radius 3 is 2.89 bits per heavy atom. The van der Waals surface area contributed by atoms with E-state index >= 15 is 0 Å². The number of benzene rings is 1. The highest BCUT2D eigenvalue weighted by atomic mass is 19.3. The van der Waals surface area contributed by atoms with E-state index in [0.717, 1.165) is 54.9 Å². The van der Waals surface area contributed by atoms with Crippen LogP contribution in [-0.4, -0.2) is 47.1 Å². The number of aromatic nitrogens is 3. The van der Waals surface area contributed by atoms with Crippen LogP contribution < -0.4 is 10.2 Å². The van der Waals surface area contributed by atoms with Gasteiger partial charge >= 0.3 is 6.11 Å². The van der Waals surface area contributed by atoms with Crippen molar-refractivity contribution in [2.75, 3.05) is 30.0 Å². The fraction of sp³-hybridized carbons (Fsp3) is 0.519. The molecule has 6 rings (SSSR count). The molecule has 7 nitrogen and oxygen atoms in total. The molecule has 0 amide bonds. The van der Waals surface area contributed by atoms with Crippen LogP contribution >= 0.6 is 0 Å². The number of rotatable bonds is 7. The second-order valence-corrected chi connectivity index (χ2v) is 10.3. The summed E-state index contributed by atoms with van der Waals surface area (Å²) in [6.45, 7) is 6.39. The zero-order chi connectivity index (χ0) is 24.9. The third-order valence-electron chi connectivity index (χ3n) is 7.50. The van der Waals surface area contributed by atoms with Crippen LogP contribution in [0.2, 0.25) is 0 Å². The topological polar surface area (TPSA) is 72.4 Å². The molecule has 3 aliphatic rings. The minimum absolute atomic E-state index is 0.136. The van der Waals surface area contributed by atoms with Gasteiger partial charge in [-0.3, -0.25) is 4.98 Å². The molecule has 190 valence electrons. The summed E-state index contributed by atoms with van der Waals surface area (Å²) in [6, 6.07) is 8.56. The number of ether oxygens (including phenoxy) is 2. The molecule has 4 heterocycles. The molecule has 2 unspecified atom stereocenters. The molecular weight excluding hydrogens is 464 g/mol. The first-order chi connectivity index (χ1) is 17.4. The summed E-state index contributed by atoms with van der Waals surface area (Å²) in [5.41, 5.74) is 3.14. The monoisotopic (exact) mass is 495 g/mol. The number of nitrogens with zero attached hydrogens (tertiary/aromatic N) is 4. The normalized spacial score (nSPS) is 23.1. The number of halogens is 2. The predicted molar refractivity (Wildman–Crippen MR) is 133 cm³/mol. The zero-order valence-electron chi connectivity index (χ0n) is 20.6. The lowest BCUT2D eigenvalue weighted by molar-refractivity contribution is -0.255. The number of hydrogen-bond donors (Lipinski definition) is 1. The van der Waals surface area contributed by atoms with Crippen molar-refractivity contribution >= 4 is 22.4 Å². The molecule has 2 aliphatic heterocycles. The molecule has 3 aromatic rings. The number of aryl methyl sites for hydroxylation is 1. The molecular formula is C27H31F2N5O2. The van der Waals surface area contributed by atoms with Gasteiger partial charge in [0.2, 0.25) is 0 Å². The molecule has 2 aromatic heterocycles. The maximum Gasteiger partial charge on any atom is 0.383 e. The van der Waals surface area contributed by atoms with Gasteiger partial charge in [0.05, 0.1) is 53.5 Å². The van der Waals surface area contributed by atoms with Crippen molar-refractivity contribution in [1.82, 2.24) is 15.2 Å². The number of pyridine rings is 1. The molecule has 1 saturated carbocycles. The first-order valence-corrected chi connectivity index (χ1v) is 12.8. The molecule has 1 aromatic carbocycles. The summed E-state index contributed by atoms with van der Waals surface area (Å²) in [6.07, 6.45) is 1.87. The molecule has 2 saturated heterocycles. The number of hydrogen-bond acceptors (Lipinski definition) is 7. The van der Waals surface area contributed by atoms with Gasteiger partial charge in [-0.05, 0) is 63.1 Å². The minimum Gasteiger partial charge on any atom is -0.379 e. The van der Waals surface area contributed by atoms with Gasteiger partial charge in [0.25, 0.3) is 0 Å². The number of alkyl halides is 2. The maximum atomic E-state index is 14.6. The van der Waals surface area contributed by atoms with Crippen molar-refractivity contribution in [1.29, 1.82) is 0 Å². The minimum atomic E-state index is -3.30. The van der Waals surface area contributed by atoms with Gasteiger partial charge in [-0.1, -0.05) is 18.2 Å². The molecule has 36 heavy (non-hydrogen) atoms. The highest BCUT2D eigenvalue weighted by molar-refractivity contribution is 5.92. The average molecular weight is 496 g/mol. The lowest BCUT2D eigenvalue weighted by Gasteiger charge is -2.28. The summed E-state index contributed by atoms with van der Waals surface area (Å²) in [5, 5.41) is 13.0. The van der Waals surface area contributed by atoms with Crippen molar-refractivity contribution in [2.24, 2.45) is 5.92 Å². The molecule has 1 N–H and O–H groups in total. The zero-order valence-corrected chi connectivity index (χ0v) is 20.6. The molecule has 0 radical (unpaired) electrons. The first kappa shape index (κ1) is 23.5. The number of nitrogens with one attached hydrogen (secondary N) is 1.